The van der Waals surface area contributed by atoms with Crippen LogP contribution < -0.4 is 14.8 Å². The van der Waals surface area contributed by atoms with Gasteiger partial charge in [0.2, 0.25) is 5.91 Å². The number of para-hydroxylation sites is 1. The summed E-state index contributed by atoms with van der Waals surface area (Å²) in [5.41, 5.74) is 3.92. The van der Waals surface area contributed by atoms with Crippen LogP contribution in [-0.2, 0) is 11.8 Å². The van der Waals surface area contributed by atoms with Gasteiger partial charge in [0.15, 0.2) is 0 Å². The second kappa shape index (κ2) is 7.76. The monoisotopic (exact) mass is 377 g/mol. The maximum absolute atomic E-state index is 12.3. The van der Waals surface area contributed by atoms with Crippen LogP contribution in [0.3, 0.4) is 0 Å². The molecule has 2 heterocycles. The molecule has 6 nitrogen and oxygen atoms in total. The van der Waals surface area contributed by atoms with Crippen molar-refractivity contribution in [3.8, 4) is 11.5 Å². The average molecular weight is 377 g/mol. The number of ether oxygens (including phenoxy) is 2. The zero-order valence-electron chi connectivity index (χ0n) is 16.0. The lowest BCUT2D eigenvalue weighted by Gasteiger charge is -2.26. The van der Waals surface area contributed by atoms with Crippen LogP contribution >= 0.6 is 0 Å². The molecule has 0 radical (unpaired) electrons. The van der Waals surface area contributed by atoms with Crippen molar-refractivity contribution in [1.82, 2.24) is 9.78 Å². The van der Waals surface area contributed by atoms with Gasteiger partial charge < -0.3 is 14.8 Å². The second-order valence-corrected chi connectivity index (χ2v) is 6.91. The molecule has 1 aliphatic rings. The van der Waals surface area contributed by atoms with Gasteiger partial charge in [0.1, 0.15) is 24.7 Å². The van der Waals surface area contributed by atoms with E-state index < -0.39 is 0 Å². The van der Waals surface area contributed by atoms with Crippen LogP contribution in [0, 0.1) is 6.92 Å². The third-order valence-corrected chi connectivity index (χ3v) is 4.85. The molecule has 28 heavy (non-hydrogen) atoms. The predicted octanol–water partition coefficient (Wildman–Crippen LogP) is 3.66. The van der Waals surface area contributed by atoms with E-state index in [1.165, 1.54) is 0 Å². The first-order valence-electron chi connectivity index (χ1n) is 9.35. The maximum Gasteiger partial charge on any atom is 0.225 e. The molecule has 1 N–H and O–H groups in total. The normalized spacial score (nSPS) is 15.6. The molecule has 0 saturated carbocycles. The lowest BCUT2D eigenvalue weighted by Crippen LogP contribution is -2.23. The molecule has 4 rings (SSSR count). The summed E-state index contributed by atoms with van der Waals surface area (Å²) in [6, 6.07) is 15.5. The van der Waals surface area contributed by atoms with Crippen LogP contribution in [0.4, 0.5) is 5.69 Å². The highest BCUT2D eigenvalue weighted by molar-refractivity contribution is 5.95. The quantitative estimate of drug-likeness (QED) is 0.666. The fourth-order valence-electron chi connectivity index (χ4n) is 3.61. The van der Waals surface area contributed by atoms with Crippen LogP contribution in [0.1, 0.15) is 29.2 Å². The lowest BCUT2D eigenvalue weighted by molar-refractivity contribution is -0.116. The Morgan fingerprint density at radius 1 is 1.07 bits per heavy atom. The Morgan fingerprint density at radius 2 is 1.82 bits per heavy atom. The summed E-state index contributed by atoms with van der Waals surface area (Å²) in [6.07, 6.45) is 2.42. The molecule has 0 fully saturated rings. The highest BCUT2D eigenvalue weighted by atomic mass is 16.5. The van der Waals surface area contributed by atoms with Gasteiger partial charge in [-0.2, -0.15) is 5.10 Å². The van der Waals surface area contributed by atoms with E-state index in [2.05, 4.69) is 10.4 Å². The first-order chi connectivity index (χ1) is 13.6. The van der Waals surface area contributed by atoms with Gasteiger partial charge in [-0.15, -0.1) is 0 Å². The largest absolute Gasteiger partial charge is 0.490 e. The van der Waals surface area contributed by atoms with Gasteiger partial charge in [-0.25, -0.2) is 0 Å². The van der Waals surface area contributed by atoms with Gasteiger partial charge in [-0.1, -0.05) is 24.3 Å². The molecular formula is C22H23N3O3. The molecule has 1 unspecified atom stereocenters. The number of hydrogen-bond acceptors (Lipinski definition) is 4. The van der Waals surface area contributed by atoms with Gasteiger partial charge >= 0.3 is 0 Å². The van der Waals surface area contributed by atoms with Crippen LogP contribution in [0.15, 0.2) is 54.7 Å². The number of nitrogens with one attached hydrogen (secondary N) is 1. The number of rotatable bonds is 6. The number of benzene rings is 2. The Kier molecular flexibility index (Phi) is 5.02. The van der Waals surface area contributed by atoms with Crippen LogP contribution in [0.2, 0.25) is 0 Å². The zero-order chi connectivity index (χ0) is 19.5. The average Bonchev–Trinajstić information content (AvgIpc) is 3.03. The van der Waals surface area contributed by atoms with Gasteiger partial charge in [-0.3, -0.25) is 9.48 Å². The van der Waals surface area contributed by atoms with Gasteiger partial charge in [0, 0.05) is 42.9 Å². The number of hydrogen-bond donors (Lipinski definition) is 1. The molecule has 6 heteroatoms. The lowest BCUT2D eigenvalue weighted by atomic mass is 9.85. The van der Waals surface area contributed by atoms with E-state index in [1.54, 1.807) is 4.68 Å². The van der Waals surface area contributed by atoms with Crippen molar-refractivity contribution < 1.29 is 14.3 Å². The molecule has 144 valence electrons. The van der Waals surface area contributed by atoms with E-state index in [-0.39, 0.29) is 11.8 Å². The standard InChI is InChI=1S/C22H23N3O3/c1-15-20(14-25(2)24-15)19-13-22(26)23-21-12-17(8-9-18(19)21)28-11-10-27-16-6-4-3-5-7-16/h3-9,12,14,19H,10-11,13H2,1-2H3,(H,23,26). The van der Waals surface area contributed by atoms with Crippen LogP contribution in [0.25, 0.3) is 0 Å². The molecule has 0 saturated heterocycles. The number of aromatic nitrogens is 2. The molecule has 2 aromatic carbocycles. The first-order valence-corrected chi connectivity index (χ1v) is 9.35. The summed E-state index contributed by atoms with van der Waals surface area (Å²) in [5.74, 6) is 1.54. The number of fused-ring (bicyclic) bond motifs is 1. The van der Waals surface area contributed by atoms with Crippen molar-refractivity contribution in [2.24, 2.45) is 7.05 Å². The Hall–Kier alpha value is -3.28. The smallest absolute Gasteiger partial charge is 0.225 e. The minimum Gasteiger partial charge on any atom is -0.490 e. The summed E-state index contributed by atoms with van der Waals surface area (Å²) in [5, 5.41) is 7.39. The van der Waals surface area contributed by atoms with Crippen molar-refractivity contribution >= 4 is 11.6 Å². The Morgan fingerprint density at radius 3 is 2.54 bits per heavy atom. The van der Waals surface area contributed by atoms with Crippen molar-refractivity contribution in [2.45, 2.75) is 19.3 Å². The highest BCUT2D eigenvalue weighted by Gasteiger charge is 2.29. The topological polar surface area (TPSA) is 65.4 Å². The molecule has 0 spiro atoms. The Labute approximate surface area is 164 Å². The van der Waals surface area contributed by atoms with Crippen molar-refractivity contribution in [3.05, 3.63) is 71.5 Å². The van der Waals surface area contributed by atoms with E-state index in [0.29, 0.717) is 25.4 Å². The van der Waals surface area contributed by atoms with E-state index in [1.807, 2.05) is 68.7 Å². The first kappa shape index (κ1) is 18.1. The SMILES string of the molecule is Cc1nn(C)cc1C1CC(=O)Nc2cc(OCCOc3ccccc3)ccc21. The highest BCUT2D eigenvalue weighted by Crippen LogP contribution is 2.39. The van der Waals surface area contributed by atoms with Gasteiger partial charge in [0.25, 0.3) is 0 Å². The molecule has 3 aromatic rings. The summed E-state index contributed by atoms with van der Waals surface area (Å²) in [6.45, 7) is 2.85. The number of nitrogens with zero attached hydrogens (tertiary/aromatic N) is 2. The summed E-state index contributed by atoms with van der Waals surface area (Å²) >= 11 is 0. The fourth-order valence-corrected chi connectivity index (χ4v) is 3.61. The van der Waals surface area contributed by atoms with Gasteiger partial charge in [0.05, 0.1) is 5.69 Å². The van der Waals surface area contributed by atoms with Crippen LogP contribution in [0.5, 0.6) is 11.5 Å². The fraction of sp³-hybridized carbons (Fsp3) is 0.273. The number of carbonyl (C=O) groups is 1. The van der Waals surface area contributed by atoms with Crippen molar-refractivity contribution in [2.75, 3.05) is 18.5 Å². The minimum absolute atomic E-state index is 0.00492. The molecule has 0 bridgehead atoms. The number of aryl methyl sites for hydroxylation is 2. The number of anilines is 1. The van der Waals surface area contributed by atoms with E-state index in [0.717, 1.165) is 28.3 Å². The molecule has 1 aliphatic heterocycles. The minimum atomic E-state index is 0.00492. The second-order valence-electron chi connectivity index (χ2n) is 6.91. The van der Waals surface area contributed by atoms with Crippen LogP contribution in [-0.4, -0.2) is 28.9 Å². The van der Waals surface area contributed by atoms with E-state index in [9.17, 15) is 4.79 Å². The third-order valence-electron chi connectivity index (χ3n) is 4.85. The Balaban J connectivity index is 1.46. The Bertz CT molecular complexity index is 982. The van der Waals surface area contributed by atoms with E-state index >= 15 is 0 Å². The third kappa shape index (κ3) is 3.86. The van der Waals surface area contributed by atoms with Crippen molar-refractivity contribution in [3.63, 3.8) is 0 Å². The number of amides is 1. The molecule has 1 amide bonds. The molecule has 0 aliphatic carbocycles. The summed E-state index contributed by atoms with van der Waals surface area (Å²) in [7, 11) is 1.90. The molecular weight excluding hydrogens is 354 g/mol. The number of carbonyl (C=O) groups excluding carboxylic acids is 1. The van der Waals surface area contributed by atoms with Gasteiger partial charge in [-0.05, 0) is 30.7 Å². The van der Waals surface area contributed by atoms with E-state index in [4.69, 9.17) is 9.47 Å². The van der Waals surface area contributed by atoms with Crippen molar-refractivity contribution in [1.29, 1.82) is 0 Å². The summed E-state index contributed by atoms with van der Waals surface area (Å²) < 4.78 is 13.2. The molecule has 1 atom stereocenters. The summed E-state index contributed by atoms with van der Waals surface area (Å²) in [4.78, 5) is 12.3. The predicted molar refractivity (Wildman–Crippen MR) is 107 cm³/mol. The molecule has 1 aromatic heterocycles. The maximum atomic E-state index is 12.3. The zero-order valence-corrected chi connectivity index (χ0v) is 16.0.